The van der Waals surface area contributed by atoms with Gasteiger partial charge in [-0.3, -0.25) is 4.79 Å². The highest BCUT2D eigenvalue weighted by atomic mass is 16.5. The molecule has 0 fully saturated rings. The topological polar surface area (TPSA) is 32.6 Å². The molecule has 0 spiro atoms. The molecule has 0 saturated carbocycles. The number of ether oxygens (including phenoxy) is 1. The number of carbonyl (C=O) groups excluding carboxylic acids is 1. The maximum absolute atomic E-state index is 10.8. The van der Waals surface area contributed by atoms with Crippen LogP contribution >= 0.6 is 0 Å². The lowest BCUT2D eigenvalue weighted by atomic mass is 9.82. The molecule has 0 saturated heterocycles. The second-order valence-corrected chi connectivity index (χ2v) is 8.71. The SMILES string of the molecule is CC(=O)OCCCCCC[N+]1=C(C)C(C)(C)c2cc(N(C)c3ccccc3)ccc21. The summed E-state index contributed by atoms with van der Waals surface area (Å²) in [6.07, 6.45) is 4.32. The molecule has 0 N–H and O–H groups in total. The van der Waals surface area contributed by atoms with Gasteiger partial charge in [0.1, 0.15) is 6.54 Å². The van der Waals surface area contributed by atoms with E-state index in [1.165, 1.54) is 35.3 Å². The van der Waals surface area contributed by atoms with Crippen LogP contribution in [0.15, 0.2) is 48.5 Å². The monoisotopic (exact) mass is 407 g/mol. The summed E-state index contributed by atoms with van der Waals surface area (Å²) in [5.41, 5.74) is 6.58. The Morgan fingerprint density at radius 3 is 2.40 bits per heavy atom. The van der Waals surface area contributed by atoms with Crippen molar-refractivity contribution in [1.29, 1.82) is 0 Å². The van der Waals surface area contributed by atoms with Crippen LogP contribution < -0.4 is 4.90 Å². The summed E-state index contributed by atoms with van der Waals surface area (Å²) in [4.78, 5) is 13.1. The minimum absolute atomic E-state index is 0.0260. The molecule has 4 heteroatoms. The number of carbonyl (C=O) groups is 1. The number of anilines is 2. The Morgan fingerprint density at radius 1 is 1.00 bits per heavy atom. The summed E-state index contributed by atoms with van der Waals surface area (Å²) >= 11 is 0. The normalized spacial score (nSPS) is 14.6. The van der Waals surface area contributed by atoms with E-state index in [-0.39, 0.29) is 11.4 Å². The second-order valence-electron chi connectivity index (χ2n) is 8.71. The summed E-state index contributed by atoms with van der Waals surface area (Å²) in [5, 5.41) is 0. The molecule has 4 nitrogen and oxygen atoms in total. The maximum atomic E-state index is 10.8. The van der Waals surface area contributed by atoms with Crippen LogP contribution in [0.1, 0.15) is 58.9 Å². The standard InChI is InChI=1S/C26H35N2O2/c1-20-26(3,4)24-19-23(27(5)22-13-9-8-10-14-22)15-16-25(24)28(20)17-11-6-7-12-18-30-21(2)29/h8-10,13-16,19H,6-7,11-12,17-18H2,1-5H3/q+1. The van der Waals surface area contributed by atoms with Gasteiger partial charge in [0.25, 0.3) is 0 Å². The van der Waals surface area contributed by atoms with Gasteiger partial charge in [0.2, 0.25) is 5.69 Å². The first-order chi connectivity index (χ1) is 14.3. The van der Waals surface area contributed by atoms with E-state index < -0.39 is 0 Å². The number of fused-ring (bicyclic) bond motifs is 1. The maximum Gasteiger partial charge on any atom is 0.302 e. The Morgan fingerprint density at radius 2 is 1.70 bits per heavy atom. The van der Waals surface area contributed by atoms with E-state index in [0.29, 0.717) is 6.61 Å². The molecule has 0 unspecified atom stereocenters. The van der Waals surface area contributed by atoms with Crippen molar-refractivity contribution in [3.63, 3.8) is 0 Å². The minimum Gasteiger partial charge on any atom is -0.466 e. The van der Waals surface area contributed by atoms with Gasteiger partial charge in [-0.15, -0.1) is 0 Å². The van der Waals surface area contributed by atoms with Gasteiger partial charge in [-0.1, -0.05) is 18.2 Å². The molecule has 2 aromatic carbocycles. The summed E-state index contributed by atoms with van der Waals surface area (Å²) in [6, 6.07) is 17.4. The van der Waals surface area contributed by atoms with Crippen molar-refractivity contribution in [1.82, 2.24) is 0 Å². The van der Waals surface area contributed by atoms with Crippen LogP contribution in [-0.4, -0.2) is 36.5 Å². The molecule has 1 aliphatic rings. The van der Waals surface area contributed by atoms with E-state index in [1.54, 1.807) is 0 Å². The molecule has 0 radical (unpaired) electrons. The van der Waals surface area contributed by atoms with Crippen molar-refractivity contribution in [2.75, 3.05) is 25.1 Å². The summed E-state index contributed by atoms with van der Waals surface area (Å²) in [5.74, 6) is -0.187. The lowest BCUT2D eigenvalue weighted by Crippen LogP contribution is -2.26. The number of para-hydroxylation sites is 1. The molecule has 160 valence electrons. The highest BCUT2D eigenvalue weighted by molar-refractivity contribution is 5.94. The van der Waals surface area contributed by atoms with Crippen LogP contribution in [0.5, 0.6) is 0 Å². The van der Waals surface area contributed by atoms with Crippen molar-refractivity contribution in [3.8, 4) is 0 Å². The minimum atomic E-state index is -0.187. The number of rotatable bonds is 9. The van der Waals surface area contributed by atoms with E-state index in [4.69, 9.17) is 4.74 Å². The van der Waals surface area contributed by atoms with E-state index in [1.807, 2.05) is 0 Å². The van der Waals surface area contributed by atoms with Gasteiger partial charge in [0.15, 0.2) is 5.71 Å². The van der Waals surface area contributed by atoms with Crippen molar-refractivity contribution in [3.05, 3.63) is 54.1 Å². The van der Waals surface area contributed by atoms with Gasteiger partial charge in [-0.2, -0.15) is 4.58 Å². The Balaban J connectivity index is 1.68. The van der Waals surface area contributed by atoms with Gasteiger partial charge in [-0.05, 0) is 57.4 Å². The number of esters is 1. The number of unbranched alkanes of at least 4 members (excludes halogenated alkanes) is 3. The number of hydrogen-bond acceptors (Lipinski definition) is 3. The van der Waals surface area contributed by atoms with Crippen LogP contribution in [-0.2, 0) is 14.9 Å². The predicted molar refractivity (Wildman–Crippen MR) is 125 cm³/mol. The van der Waals surface area contributed by atoms with Crippen molar-refractivity contribution in [2.24, 2.45) is 0 Å². The first-order valence-corrected chi connectivity index (χ1v) is 11.0. The lowest BCUT2D eigenvalue weighted by molar-refractivity contribution is -0.439. The molecule has 0 atom stereocenters. The fourth-order valence-electron chi connectivity index (χ4n) is 4.21. The Kier molecular flexibility index (Phi) is 6.96. The van der Waals surface area contributed by atoms with Gasteiger partial charge < -0.3 is 9.64 Å². The highest BCUT2D eigenvalue weighted by Crippen LogP contribution is 2.42. The zero-order valence-corrected chi connectivity index (χ0v) is 19.1. The fraction of sp³-hybridized carbons (Fsp3) is 0.462. The molecule has 3 rings (SSSR count). The third-order valence-corrected chi connectivity index (χ3v) is 6.37. The van der Waals surface area contributed by atoms with Gasteiger partial charge in [0.05, 0.1) is 12.0 Å². The van der Waals surface area contributed by atoms with Crippen LogP contribution in [0.2, 0.25) is 0 Å². The number of nitrogens with zero attached hydrogens (tertiary/aromatic N) is 2. The van der Waals surface area contributed by atoms with Crippen LogP contribution in [0.4, 0.5) is 17.1 Å². The van der Waals surface area contributed by atoms with Gasteiger partial charge in [0, 0.05) is 50.3 Å². The van der Waals surface area contributed by atoms with E-state index in [0.717, 1.165) is 32.2 Å². The number of hydrogen-bond donors (Lipinski definition) is 0. The molecule has 0 aromatic heterocycles. The smallest absolute Gasteiger partial charge is 0.302 e. The molecular weight excluding hydrogens is 372 g/mol. The van der Waals surface area contributed by atoms with Crippen molar-refractivity contribution in [2.45, 2.75) is 58.8 Å². The largest absolute Gasteiger partial charge is 0.466 e. The highest BCUT2D eigenvalue weighted by Gasteiger charge is 2.43. The lowest BCUT2D eigenvalue weighted by Gasteiger charge is -2.22. The first kappa shape index (κ1) is 22.1. The Hall–Kier alpha value is -2.62. The van der Waals surface area contributed by atoms with E-state index in [2.05, 4.69) is 85.8 Å². The molecule has 0 aliphatic carbocycles. The zero-order valence-electron chi connectivity index (χ0n) is 19.1. The molecule has 1 aliphatic heterocycles. The summed E-state index contributed by atoms with van der Waals surface area (Å²) in [7, 11) is 2.13. The number of benzene rings is 2. The molecule has 2 aromatic rings. The third kappa shape index (κ3) is 4.75. The summed E-state index contributed by atoms with van der Waals surface area (Å²) < 4.78 is 7.51. The van der Waals surface area contributed by atoms with Crippen LogP contribution in [0.25, 0.3) is 0 Å². The molecule has 0 bridgehead atoms. The predicted octanol–water partition coefficient (Wildman–Crippen LogP) is 5.97. The molecule has 30 heavy (non-hydrogen) atoms. The van der Waals surface area contributed by atoms with Crippen LogP contribution in [0, 0.1) is 0 Å². The quantitative estimate of drug-likeness (QED) is 0.291. The fourth-order valence-corrected chi connectivity index (χ4v) is 4.21. The molecule has 1 heterocycles. The van der Waals surface area contributed by atoms with E-state index in [9.17, 15) is 4.79 Å². The Bertz CT molecular complexity index is 916. The Labute approximate surface area is 181 Å². The summed E-state index contributed by atoms with van der Waals surface area (Å²) in [6.45, 7) is 9.95. The third-order valence-electron chi connectivity index (χ3n) is 6.37. The average molecular weight is 408 g/mol. The van der Waals surface area contributed by atoms with Crippen LogP contribution in [0.3, 0.4) is 0 Å². The van der Waals surface area contributed by atoms with Crippen molar-refractivity contribution < 1.29 is 14.1 Å². The average Bonchev–Trinajstić information content (AvgIpc) is 2.93. The van der Waals surface area contributed by atoms with E-state index >= 15 is 0 Å². The zero-order chi connectivity index (χ0) is 21.7. The van der Waals surface area contributed by atoms with Crippen molar-refractivity contribution >= 4 is 28.7 Å². The molecular formula is C26H35N2O2+. The molecule has 0 amide bonds. The first-order valence-electron chi connectivity index (χ1n) is 11.0. The van der Waals surface area contributed by atoms with Gasteiger partial charge in [-0.25, -0.2) is 0 Å². The second kappa shape index (κ2) is 9.46. The van der Waals surface area contributed by atoms with Gasteiger partial charge >= 0.3 is 5.97 Å².